The predicted molar refractivity (Wildman–Crippen MR) is 72.4 cm³/mol. The minimum atomic E-state index is -0.250. The number of hydrogen-bond acceptors (Lipinski definition) is 6. The van der Waals surface area contributed by atoms with Gasteiger partial charge >= 0.3 is 5.69 Å². The fraction of sp³-hybridized carbons (Fsp3) is 0.364. The fourth-order valence-corrected chi connectivity index (χ4v) is 3.14. The van der Waals surface area contributed by atoms with Crippen molar-refractivity contribution in [1.29, 1.82) is 0 Å². The van der Waals surface area contributed by atoms with E-state index in [1.54, 1.807) is 11.5 Å². The fourth-order valence-electron chi connectivity index (χ4n) is 1.80. The number of carbonyl (C=O) groups is 1. The number of aldehydes is 1. The van der Waals surface area contributed by atoms with E-state index >= 15 is 0 Å². The third kappa shape index (κ3) is 2.36. The maximum absolute atomic E-state index is 11.7. The lowest BCUT2D eigenvalue weighted by atomic mass is 10.4. The minimum absolute atomic E-state index is 0.103. The van der Waals surface area contributed by atoms with Crippen LogP contribution in [0.4, 0.5) is 0 Å². The van der Waals surface area contributed by atoms with Gasteiger partial charge in [-0.1, -0.05) is 11.6 Å². The SMILES string of the molecule is Cc1nc(Cl)c(C=O)c(Sc2n[nH]c(=O)n2C2CC2)n1. The van der Waals surface area contributed by atoms with E-state index in [1.807, 2.05) is 0 Å². The Hall–Kier alpha value is -1.67. The Balaban J connectivity index is 2.03. The van der Waals surface area contributed by atoms with Crippen LogP contribution in [0, 0.1) is 6.92 Å². The summed E-state index contributed by atoms with van der Waals surface area (Å²) in [6.45, 7) is 1.68. The zero-order chi connectivity index (χ0) is 14.3. The van der Waals surface area contributed by atoms with E-state index in [2.05, 4.69) is 20.2 Å². The van der Waals surface area contributed by atoms with Crippen LogP contribution in [0.2, 0.25) is 5.15 Å². The monoisotopic (exact) mass is 311 g/mol. The van der Waals surface area contributed by atoms with Crippen molar-refractivity contribution in [2.45, 2.75) is 36.0 Å². The highest BCUT2D eigenvalue weighted by molar-refractivity contribution is 7.99. The molecule has 2 aromatic rings. The zero-order valence-corrected chi connectivity index (χ0v) is 12.0. The first-order chi connectivity index (χ1) is 9.60. The summed E-state index contributed by atoms with van der Waals surface area (Å²) >= 11 is 7.07. The van der Waals surface area contributed by atoms with Crippen molar-refractivity contribution in [2.75, 3.05) is 0 Å². The molecule has 0 aromatic carbocycles. The maximum Gasteiger partial charge on any atom is 0.344 e. The maximum atomic E-state index is 11.7. The van der Waals surface area contributed by atoms with Gasteiger partial charge in [0.1, 0.15) is 16.0 Å². The van der Waals surface area contributed by atoms with Gasteiger partial charge in [-0.3, -0.25) is 9.36 Å². The Morgan fingerprint density at radius 3 is 2.85 bits per heavy atom. The van der Waals surface area contributed by atoms with Crippen molar-refractivity contribution in [3.8, 4) is 0 Å². The molecule has 20 heavy (non-hydrogen) atoms. The van der Waals surface area contributed by atoms with Crippen molar-refractivity contribution in [1.82, 2.24) is 24.7 Å². The molecule has 2 aromatic heterocycles. The number of aromatic nitrogens is 5. The van der Waals surface area contributed by atoms with Crippen molar-refractivity contribution < 1.29 is 4.79 Å². The topological polar surface area (TPSA) is 93.5 Å². The van der Waals surface area contributed by atoms with E-state index in [9.17, 15) is 9.59 Å². The Morgan fingerprint density at radius 2 is 2.20 bits per heavy atom. The second-order valence-corrected chi connectivity index (χ2v) is 5.73. The quantitative estimate of drug-likeness (QED) is 0.681. The van der Waals surface area contributed by atoms with Crippen LogP contribution in [0.5, 0.6) is 0 Å². The van der Waals surface area contributed by atoms with Gasteiger partial charge in [-0.05, 0) is 31.5 Å². The van der Waals surface area contributed by atoms with Crippen molar-refractivity contribution in [3.05, 3.63) is 27.0 Å². The first kappa shape index (κ1) is 13.3. The lowest BCUT2D eigenvalue weighted by molar-refractivity contribution is 0.112. The third-order valence-corrected chi connectivity index (χ3v) is 4.13. The van der Waals surface area contributed by atoms with E-state index in [1.165, 1.54) is 0 Å². The number of nitrogens with one attached hydrogen (secondary N) is 1. The van der Waals surface area contributed by atoms with Crippen molar-refractivity contribution in [3.63, 3.8) is 0 Å². The molecule has 9 heteroatoms. The molecule has 7 nitrogen and oxygen atoms in total. The van der Waals surface area contributed by atoms with Gasteiger partial charge in [-0.15, -0.1) is 5.10 Å². The molecule has 0 atom stereocenters. The Morgan fingerprint density at radius 1 is 1.45 bits per heavy atom. The van der Waals surface area contributed by atoms with Crippen molar-refractivity contribution >= 4 is 29.6 Å². The molecular formula is C11H10ClN5O2S. The molecule has 0 aliphatic heterocycles. The summed E-state index contributed by atoms with van der Waals surface area (Å²) in [5.74, 6) is 0.457. The molecule has 2 heterocycles. The van der Waals surface area contributed by atoms with E-state index < -0.39 is 0 Å². The number of carbonyl (C=O) groups excluding carboxylic acids is 1. The van der Waals surface area contributed by atoms with Gasteiger partial charge in [0, 0.05) is 6.04 Å². The first-order valence-corrected chi connectivity index (χ1v) is 7.13. The summed E-state index contributed by atoms with van der Waals surface area (Å²) in [4.78, 5) is 30.9. The van der Waals surface area contributed by atoms with Crippen LogP contribution in [0.25, 0.3) is 0 Å². The van der Waals surface area contributed by atoms with Crippen LogP contribution in [0.3, 0.4) is 0 Å². The molecule has 1 fully saturated rings. The molecular weight excluding hydrogens is 302 g/mol. The molecule has 3 rings (SSSR count). The molecule has 0 amide bonds. The van der Waals surface area contributed by atoms with Gasteiger partial charge in [-0.2, -0.15) is 0 Å². The van der Waals surface area contributed by atoms with E-state index in [0.29, 0.717) is 22.3 Å². The molecule has 0 saturated heterocycles. The van der Waals surface area contributed by atoms with Gasteiger partial charge in [-0.25, -0.2) is 19.9 Å². The number of rotatable bonds is 4. The lowest BCUT2D eigenvalue weighted by Gasteiger charge is -2.06. The van der Waals surface area contributed by atoms with Crippen LogP contribution in [0.15, 0.2) is 15.0 Å². The normalized spacial score (nSPS) is 14.5. The highest BCUT2D eigenvalue weighted by atomic mass is 35.5. The van der Waals surface area contributed by atoms with E-state index in [4.69, 9.17) is 11.6 Å². The van der Waals surface area contributed by atoms with Gasteiger partial charge in [0.15, 0.2) is 11.4 Å². The summed E-state index contributed by atoms with van der Waals surface area (Å²) < 4.78 is 1.59. The highest BCUT2D eigenvalue weighted by Gasteiger charge is 2.29. The molecule has 1 aliphatic carbocycles. The molecule has 1 N–H and O–H groups in total. The van der Waals surface area contributed by atoms with Gasteiger partial charge in [0.25, 0.3) is 0 Å². The average Bonchev–Trinajstić information content (AvgIpc) is 3.15. The number of H-pyrrole nitrogens is 1. The molecule has 0 radical (unpaired) electrons. The van der Waals surface area contributed by atoms with Crippen molar-refractivity contribution in [2.24, 2.45) is 0 Å². The molecule has 0 bridgehead atoms. The van der Waals surface area contributed by atoms with Crippen LogP contribution in [0.1, 0.15) is 35.1 Å². The number of nitrogens with zero attached hydrogens (tertiary/aromatic N) is 4. The molecule has 0 unspecified atom stereocenters. The van der Waals surface area contributed by atoms with Gasteiger partial charge < -0.3 is 0 Å². The molecule has 1 aliphatic rings. The third-order valence-electron chi connectivity index (χ3n) is 2.87. The second-order valence-electron chi connectivity index (χ2n) is 4.41. The summed E-state index contributed by atoms with van der Waals surface area (Å²) in [7, 11) is 0. The standard InChI is InChI=1S/C11H10ClN5O2S/c1-5-13-8(12)7(4-18)9(14-5)20-11-16-15-10(19)17(11)6-2-3-6/h4,6H,2-3H2,1H3,(H,15,19). The number of halogens is 1. The first-order valence-electron chi connectivity index (χ1n) is 5.94. The molecule has 1 saturated carbocycles. The summed E-state index contributed by atoms with van der Waals surface area (Å²) in [5.41, 5.74) is -0.0420. The van der Waals surface area contributed by atoms with Crippen LogP contribution in [-0.4, -0.2) is 31.0 Å². The Kier molecular flexibility index (Phi) is 3.35. The predicted octanol–water partition coefficient (Wildman–Crippen LogP) is 1.62. The second kappa shape index (κ2) is 5.02. The summed E-state index contributed by atoms with van der Waals surface area (Å²) in [6, 6.07) is 0.182. The Labute approximate surface area is 122 Å². The highest BCUT2D eigenvalue weighted by Crippen LogP contribution is 2.38. The molecule has 0 spiro atoms. The largest absolute Gasteiger partial charge is 0.344 e. The summed E-state index contributed by atoms with van der Waals surface area (Å²) in [6.07, 6.45) is 2.52. The average molecular weight is 312 g/mol. The number of hydrogen-bond donors (Lipinski definition) is 1. The minimum Gasteiger partial charge on any atom is -0.298 e. The molecule has 104 valence electrons. The van der Waals surface area contributed by atoms with Gasteiger partial charge in [0.05, 0.1) is 5.56 Å². The smallest absolute Gasteiger partial charge is 0.298 e. The summed E-state index contributed by atoms with van der Waals surface area (Å²) in [5, 5.41) is 7.38. The van der Waals surface area contributed by atoms with Crippen LogP contribution >= 0.6 is 23.4 Å². The van der Waals surface area contributed by atoms with E-state index in [-0.39, 0.29) is 22.4 Å². The van der Waals surface area contributed by atoms with E-state index in [0.717, 1.165) is 24.6 Å². The van der Waals surface area contributed by atoms with Crippen LogP contribution in [-0.2, 0) is 0 Å². The van der Waals surface area contributed by atoms with Crippen LogP contribution < -0.4 is 5.69 Å². The number of aromatic amines is 1. The lowest BCUT2D eigenvalue weighted by Crippen LogP contribution is -2.16. The zero-order valence-electron chi connectivity index (χ0n) is 10.5. The van der Waals surface area contributed by atoms with Gasteiger partial charge in [0.2, 0.25) is 0 Å². The number of aryl methyl sites for hydroxylation is 1. The Bertz CT molecular complexity index is 737.